The first-order chi connectivity index (χ1) is 10.2. The summed E-state index contributed by atoms with van der Waals surface area (Å²) in [5, 5.41) is 3.54. The molecule has 0 radical (unpaired) electrons. The molecule has 118 valence electrons. The van der Waals surface area contributed by atoms with Crippen molar-refractivity contribution in [3.8, 4) is 0 Å². The second-order valence-electron chi connectivity index (χ2n) is 6.13. The van der Waals surface area contributed by atoms with Crippen molar-refractivity contribution in [1.29, 1.82) is 0 Å². The number of hydrogen-bond donors (Lipinski definition) is 1. The maximum absolute atomic E-state index is 4.75. The largest absolute Gasteiger partial charge is 0.341 e. The Morgan fingerprint density at radius 2 is 1.86 bits per heavy atom. The highest BCUT2D eigenvalue weighted by Gasteiger charge is 2.20. The molecule has 0 unspecified atom stereocenters. The average molecular weight is 290 g/mol. The average Bonchev–Trinajstić information content (AvgIpc) is 3.30. The monoisotopic (exact) mass is 290 g/mol. The van der Waals surface area contributed by atoms with Gasteiger partial charge in [0.25, 0.3) is 0 Å². The summed E-state index contributed by atoms with van der Waals surface area (Å²) in [5.41, 5.74) is 2.35. The SMILES string of the molecule is CCCCN(CCCC)c1ncc(CNC2CC2)c(C)n1. The van der Waals surface area contributed by atoms with Gasteiger partial charge >= 0.3 is 0 Å². The van der Waals surface area contributed by atoms with Crippen molar-refractivity contribution < 1.29 is 0 Å². The van der Waals surface area contributed by atoms with Gasteiger partial charge in [0, 0.05) is 43.1 Å². The summed E-state index contributed by atoms with van der Waals surface area (Å²) < 4.78 is 0. The number of aryl methyl sites for hydroxylation is 1. The standard InChI is InChI=1S/C17H30N4/c1-4-6-10-21(11-7-5-2)17-19-13-15(14(3)20-17)12-18-16-8-9-16/h13,16,18H,4-12H2,1-3H3. The summed E-state index contributed by atoms with van der Waals surface area (Å²) in [6.45, 7) is 9.60. The van der Waals surface area contributed by atoms with E-state index in [1.165, 1.54) is 44.1 Å². The molecule has 2 rings (SSSR count). The zero-order valence-electron chi connectivity index (χ0n) is 13.9. The molecule has 1 saturated carbocycles. The fourth-order valence-corrected chi connectivity index (χ4v) is 2.36. The molecular formula is C17H30N4. The van der Waals surface area contributed by atoms with Crippen molar-refractivity contribution in [3.05, 3.63) is 17.5 Å². The molecule has 1 aromatic rings. The summed E-state index contributed by atoms with van der Waals surface area (Å²) in [6, 6.07) is 0.731. The van der Waals surface area contributed by atoms with E-state index in [-0.39, 0.29) is 0 Å². The summed E-state index contributed by atoms with van der Waals surface area (Å²) in [4.78, 5) is 11.7. The highest BCUT2D eigenvalue weighted by Crippen LogP contribution is 2.20. The first-order valence-corrected chi connectivity index (χ1v) is 8.55. The molecule has 0 bridgehead atoms. The van der Waals surface area contributed by atoms with Crippen molar-refractivity contribution in [3.63, 3.8) is 0 Å². The first-order valence-electron chi connectivity index (χ1n) is 8.55. The van der Waals surface area contributed by atoms with Crippen LogP contribution in [0.15, 0.2) is 6.20 Å². The van der Waals surface area contributed by atoms with Crippen LogP contribution >= 0.6 is 0 Å². The Balaban J connectivity index is 1.99. The van der Waals surface area contributed by atoms with E-state index in [1.807, 2.05) is 6.20 Å². The molecule has 1 N–H and O–H groups in total. The summed E-state index contributed by atoms with van der Waals surface area (Å²) in [7, 11) is 0. The Hall–Kier alpha value is -1.16. The molecule has 1 aliphatic carbocycles. The van der Waals surface area contributed by atoms with Crippen LogP contribution in [0.4, 0.5) is 5.95 Å². The van der Waals surface area contributed by atoms with E-state index in [1.54, 1.807) is 0 Å². The zero-order chi connectivity index (χ0) is 15.1. The molecule has 21 heavy (non-hydrogen) atoms. The highest BCUT2D eigenvalue weighted by atomic mass is 15.2. The van der Waals surface area contributed by atoms with Gasteiger partial charge in [0.2, 0.25) is 5.95 Å². The molecule has 0 saturated heterocycles. The van der Waals surface area contributed by atoms with E-state index >= 15 is 0 Å². The van der Waals surface area contributed by atoms with Crippen LogP contribution in [0.2, 0.25) is 0 Å². The Morgan fingerprint density at radius 1 is 1.19 bits per heavy atom. The lowest BCUT2D eigenvalue weighted by Crippen LogP contribution is -2.28. The molecule has 1 aliphatic rings. The molecule has 0 aromatic carbocycles. The van der Waals surface area contributed by atoms with Gasteiger partial charge in [-0.2, -0.15) is 0 Å². The van der Waals surface area contributed by atoms with Crippen LogP contribution < -0.4 is 10.2 Å². The summed E-state index contributed by atoms with van der Waals surface area (Å²) in [6.07, 6.45) is 9.49. The third kappa shape index (κ3) is 5.27. The van der Waals surface area contributed by atoms with Crippen molar-refractivity contribution in [2.45, 2.75) is 71.9 Å². The second kappa shape index (κ2) is 8.32. The van der Waals surface area contributed by atoms with Crippen LogP contribution in [0.25, 0.3) is 0 Å². The lowest BCUT2D eigenvalue weighted by molar-refractivity contribution is 0.654. The molecule has 4 nitrogen and oxygen atoms in total. The van der Waals surface area contributed by atoms with Crippen molar-refractivity contribution in [2.75, 3.05) is 18.0 Å². The third-order valence-corrected chi connectivity index (χ3v) is 4.07. The lowest BCUT2D eigenvalue weighted by Gasteiger charge is -2.23. The van der Waals surface area contributed by atoms with Gasteiger partial charge in [0.05, 0.1) is 0 Å². The first kappa shape index (κ1) is 16.2. The number of anilines is 1. The smallest absolute Gasteiger partial charge is 0.225 e. The van der Waals surface area contributed by atoms with Crippen molar-refractivity contribution >= 4 is 5.95 Å². The minimum absolute atomic E-state index is 0.731. The van der Waals surface area contributed by atoms with Gasteiger partial charge in [-0.15, -0.1) is 0 Å². The highest BCUT2D eigenvalue weighted by molar-refractivity contribution is 5.32. The van der Waals surface area contributed by atoms with Crippen LogP contribution in [0.5, 0.6) is 0 Å². The van der Waals surface area contributed by atoms with Crippen molar-refractivity contribution in [2.24, 2.45) is 0 Å². The van der Waals surface area contributed by atoms with Gasteiger partial charge in [0.1, 0.15) is 0 Å². The normalized spacial score (nSPS) is 14.4. The number of hydrogen-bond acceptors (Lipinski definition) is 4. The minimum Gasteiger partial charge on any atom is -0.341 e. The zero-order valence-corrected chi connectivity index (χ0v) is 13.9. The predicted octanol–water partition coefficient (Wildman–Crippen LogP) is 3.44. The van der Waals surface area contributed by atoms with E-state index in [2.05, 4.69) is 36.0 Å². The number of aromatic nitrogens is 2. The number of rotatable bonds is 10. The van der Waals surface area contributed by atoms with Crippen LogP contribution in [-0.4, -0.2) is 29.1 Å². The van der Waals surface area contributed by atoms with Crippen LogP contribution in [-0.2, 0) is 6.54 Å². The van der Waals surface area contributed by atoms with Crippen molar-refractivity contribution in [1.82, 2.24) is 15.3 Å². The summed E-state index contributed by atoms with van der Waals surface area (Å²) >= 11 is 0. The van der Waals surface area contributed by atoms with Crippen LogP contribution in [0.1, 0.15) is 63.6 Å². The van der Waals surface area contributed by atoms with Gasteiger partial charge in [-0.3, -0.25) is 0 Å². The maximum Gasteiger partial charge on any atom is 0.225 e. The van der Waals surface area contributed by atoms with E-state index < -0.39 is 0 Å². The lowest BCUT2D eigenvalue weighted by atomic mass is 10.2. The van der Waals surface area contributed by atoms with Gasteiger partial charge in [-0.25, -0.2) is 9.97 Å². The molecule has 1 heterocycles. The topological polar surface area (TPSA) is 41.1 Å². The molecule has 1 fully saturated rings. The quantitative estimate of drug-likeness (QED) is 0.716. The van der Waals surface area contributed by atoms with Gasteiger partial charge in [-0.05, 0) is 32.6 Å². The van der Waals surface area contributed by atoms with E-state index in [0.29, 0.717) is 0 Å². The molecule has 0 aliphatic heterocycles. The van der Waals surface area contributed by atoms with Gasteiger partial charge in [-0.1, -0.05) is 26.7 Å². The Labute approximate surface area is 129 Å². The van der Waals surface area contributed by atoms with E-state index in [0.717, 1.165) is 37.3 Å². The molecular weight excluding hydrogens is 260 g/mol. The molecule has 0 spiro atoms. The Kier molecular flexibility index (Phi) is 6.43. The van der Waals surface area contributed by atoms with Gasteiger partial charge < -0.3 is 10.2 Å². The fraction of sp³-hybridized carbons (Fsp3) is 0.765. The molecule has 0 amide bonds. The Bertz CT molecular complexity index is 421. The number of nitrogens with one attached hydrogen (secondary N) is 1. The van der Waals surface area contributed by atoms with E-state index in [4.69, 9.17) is 4.98 Å². The second-order valence-corrected chi connectivity index (χ2v) is 6.13. The van der Waals surface area contributed by atoms with Crippen LogP contribution in [0, 0.1) is 6.92 Å². The molecule has 4 heteroatoms. The van der Waals surface area contributed by atoms with Gasteiger partial charge in [0.15, 0.2) is 0 Å². The number of nitrogens with zero attached hydrogens (tertiary/aromatic N) is 3. The maximum atomic E-state index is 4.75. The van der Waals surface area contributed by atoms with E-state index in [9.17, 15) is 0 Å². The Morgan fingerprint density at radius 3 is 2.38 bits per heavy atom. The third-order valence-electron chi connectivity index (χ3n) is 4.07. The molecule has 1 aromatic heterocycles. The molecule has 0 atom stereocenters. The predicted molar refractivity (Wildman–Crippen MR) is 88.7 cm³/mol. The number of unbranched alkanes of at least 4 members (excludes halogenated alkanes) is 2. The fourth-order valence-electron chi connectivity index (χ4n) is 2.36. The summed E-state index contributed by atoms with van der Waals surface area (Å²) in [5.74, 6) is 0.907. The van der Waals surface area contributed by atoms with Crippen LogP contribution in [0.3, 0.4) is 0 Å². The minimum atomic E-state index is 0.731.